The molecule has 0 aliphatic heterocycles. The topological polar surface area (TPSA) is 70.7 Å². The van der Waals surface area contributed by atoms with E-state index < -0.39 is 6.04 Å². The molecule has 0 heterocycles. The Hall–Kier alpha value is -2.41. The summed E-state index contributed by atoms with van der Waals surface area (Å²) in [5.41, 5.74) is 1.78. The number of nitrogens with zero attached hydrogens (tertiary/aromatic N) is 1. The number of hydrogen-bond acceptors (Lipinski definition) is 4. The van der Waals surface area contributed by atoms with Crippen molar-refractivity contribution in [3.63, 3.8) is 0 Å². The van der Waals surface area contributed by atoms with Crippen LogP contribution in [0.5, 0.6) is 0 Å². The zero-order valence-corrected chi connectivity index (χ0v) is 17.1. The molecule has 0 aliphatic carbocycles. The fourth-order valence-corrected chi connectivity index (χ4v) is 2.68. The molecule has 2 aromatic rings. The lowest BCUT2D eigenvalue weighted by atomic mass is 10.0. The molecule has 0 unspecified atom stereocenters. The van der Waals surface area contributed by atoms with E-state index in [1.54, 1.807) is 19.1 Å². The zero-order chi connectivity index (χ0) is 19.5. The summed E-state index contributed by atoms with van der Waals surface area (Å²) in [7, 11) is 3.33. The number of likely N-dealkylation sites (N-methyl/N-ethyl adjacent to an activating group) is 1. The summed E-state index contributed by atoms with van der Waals surface area (Å²) < 4.78 is 4.95. The molecule has 0 spiro atoms. The highest BCUT2D eigenvalue weighted by Gasteiger charge is 2.25. The van der Waals surface area contributed by atoms with Crippen LogP contribution in [0, 0.1) is 0 Å². The average Bonchev–Trinajstić information content (AvgIpc) is 2.71. The van der Waals surface area contributed by atoms with Gasteiger partial charge >= 0.3 is 0 Å². The third-order valence-electron chi connectivity index (χ3n) is 4.16. The summed E-state index contributed by atoms with van der Waals surface area (Å²) in [4.78, 5) is 26.9. The second-order valence-corrected chi connectivity index (χ2v) is 6.21. The van der Waals surface area contributed by atoms with Crippen LogP contribution in [0.1, 0.15) is 5.56 Å². The number of para-hydroxylation sites is 1. The molecule has 7 heteroatoms. The molecule has 0 radical (unpaired) electrons. The molecule has 28 heavy (non-hydrogen) atoms. The molecule has 152 valence electrons. The van der Waals surface area contributed by atoms with Crippen molar-refractivity contribution in [1.29, 1.82) is 0 Å². The second-order valence-electron chi connectivity index (χ2n) is 6.21. The predicted octanol–water partition coefficient (Wildman–Crippen LogP) is 2.03. The summed E-state index contributed by atoms with van der Waals surface area (Å²) in [6.07, 6.45) is 0.431. The van der Waals surface area contributed by atoms with E-state index in [2.05, 4.69) is 10.6 Å². The van der Waals surface area contributed by atoms with Crippen molar-refractivity contribution >= 4 is 29.9 Å². The van der Waals surface area contributed by atoms with Crippen molar-refractivity contribution in [3.05, 3.63) is 66.2 Å². The Morgan fingerprint density at radius 3 is 2.25 bits per heavy atom. The van der Waals surface area contributed by atoms with E-state index in [1.165, 1.54) is 0 Å². The number of nitrogens with one attached hydrogen (secondary N) is 2. The molecule has 1 atom stereocenters. The molecular formula is C21H28ClN3O3. The van der Waals surface area contributed by atoms with Crippen molar-refractivity contribution in [2.45, 2.75) is 12.5 Å². The predicted molar refractivity (Wildman–Crippen MR) is 114 cm³/mol. The van der Waals surface area contributed by atoms with Gasteiger partial charge in [-0.25, -0.2) is 0 Å². The molecule has 2 rings (SSSR count). The number of anilines is 1. The zero-order valence-electron chi connectivity index (χ0n) is 16.3. The molecule has 0 bridgehead atoms. The maximum Gasteiger partial charge on any atom is 0.249 e. The van der Waals surface area contributed by atoms with Gasteiger partial charge in [-0.3, -0.25) is 9.59 Å². The van der Waals surface area contributed by atoms with Gasteiger partial charge in [0.25, 0.3) is 0 Å². The van der Waals surface area contributed by atoms with Crippen LogP contribution < -0.4 is 15.5 Å². The lowest BCUT2D eigenvalue weighted by Gasteiger charge is -2.25. The highest BCUT2D eigenvalue weighted by atomic mass is 35.5. The number of hydrogen-bond donors (Lipinski definition) is 2. The molecule has 0 saturated heterocycles. The first-order valence-corrected chi connectivity index (χ1v) is 8.97. The number of methoxy groups -OCH3 is 1. The van der Waals surface area contributed by atoms with Crippen LogP contribution >= 0.6 is 12.4 Å². The fourth-order valence-electron chi connectivity index (χ4n) is 2.68. The maximum absolute atomic E-state index is 13.0. The molecule has 2 N–H and O–H groups in total. The maximum atomic E-state index is 13.0. The Labute approximate surface area is 172 Å². The van der Waals surface area contributed by atoms with Crippen LogP contribution in [0.25, 0.3) is 0 Å². The van der Waals surface area contributed by atoms with Crippen molar-refractivity contribution < 1.29 is 14.3 Å². The molecule has 0 fully saturated rings. The van der Waals surface area contributed by atoms with Gasteiger partial charge in [0, 0.05) is 32.8 Å². The first-order chi connectivity index (χ1) is 13.1. The number of benzene rings is 2. The average molecular weight is 406 g/mol. The van der Waals surface area contributed by atoms with E-state index in [-0.39, 0.29) is 30.8 Å². The lowest BCUT2D eigenvalue weighted by molar-refractivity contribution is -0.127. The smallest absolute Gasteiger partial charge is 0.249 e. The number of carbonyl (C=O) groups excluding carboxylic acids is 2. The van der Waals surface area contributed by atoms with E-state index in [1.807, 2.05) is 60.7 Å². The quantitative estimate of drug-likeness (QED) is 0.593. The number of ether oxygens (including phenoxy) is 1. The summed E-state index contributed by atoms with van der Waals surface area (Å²) in [6, 6.07) is 18.4. The second kappa shape index (κ2) is 12.9. The summed E-state index contributed by atoms with van der Waals surface area (Å²) >= 11 is 0. The van der Waals surface area contributed by atoms with Crippen LogP contribution in [0.2, 0.25) is 0 Å². The minimum Gasteiger partial charge on any atom is -0.383 e. The molecular weight excluding hydrogens is 378 g/mol. The van der Waals surface area contributed by atoms with Crippen molar-refractivity contribution in [1.82, 2.24) is 10.6 Å². The largest absolute Gasteiger partial charge is 0.383 e. The molecule has 2 aromatic carbocycles. The first kappa shape index (κ1) is 23.6. The highest BCUT2D eigenvalue weighted by molar-refractivity contribution is 5.99. The number of carbonyl (C=O) groups is 2. The molecule has 6 nitrogen and oxygen atoms in total. The van der Waals surface area contributed by atoms with Gasteiger partial charge in [-0.2, -0.15) is 0 Å². The number of amides is 2. The number of rotatable bonds is 10. The van der Waals surface area contributed by atoms with Crippen LogP contribution in [-0.4, -0.2) is 51.7 Å². The van der Waals surface area contributed by atoms with Gasteiger partial charge in [-0.15, -0.1) is 12.4 Å². The molecule has 0 aromatic heterocycles. The van der Waals surface area contributed by atoms with Gasteiger partial charge in [-0.1, -0.05) is 48.5 Å². The molecule has 0 aliphatic rings. The summed E-state index contributed by atoms with van der Waals surface area (Å²) in [5, 5.41) is 5.85. The van der Waals surface area contributed by atoms with Crippen LogP contribution in [-0.2, 0) is 20.7 Å². The monoisotopic (exact) mass is 405 g/mol. The van der Waals surface area contributed by atoms with Gasteiger partial charge in [0.1, 0.15) is 6.04 Å². The molecule has 2 amide bonds. The van der Waals surface area contributed by atoms with E-state index in [0.29, 0.717) is 19.6 Å². The van der Waals surface area contributed by atoms with Gasteiger partial charge in [0.2, 0.25) is 11.8 Å². The number of halogens is 1. The van der Waals surface area contributed by atoms with E-state index in [0.717, 1.165) is 11.3 Å². The van der Waals surface area contributed by atoms with Gasteiger partial charge in [0.15, 0.2) is 0 Å². The van der Waals surface area contributed by atoms with Gasteiger partial charge in [-0.05, 0) is 17.7 Å². The Bertz CT molecular complexity index is 713. The van der Waals surface area contributed by atoms with E-state index >= 15 is 0 Å². The SMILES string of the molecule is COCCNCC(=O)N[C@@H](Cc1ccccc1)C(=O)N(C)c1ccccc1.Cl. The van der Waals surface area contributed by atoms with Crippen LogP contribution in [0.3, 0.4) is 0 Å². The van der Waals surface area contributed by atoms with Gasteiger partial charge < -0.3 is 20.3 Å². The Kier molecular flexibility index (Phi) is 10.9. The Morgan fingerprint density at radius 1 is 1.04 bits per heavy atom. The fraction of sp³-hybridized carbons (Fsp3) is 0.333. The minimum atomic E-state index is -0.644. The van der Waals surface area contributed by atoms with Crippen LogP contribution in [0.15, 0.2) is 60.7 Å². The first-order valence-electron chi connectivity index (χ1n) is 8.97. The minimum absolute atomic E-state index is 0. The van der Waals surface area contributed by atoms with Crippen molar-refractivity contribution in [3.8, 4) is 0 Å². The van der Waals surface area contributed by atoms with Gasteiger partial charge in [0.05, 0.1) is 13.2 Å². The normalized spacial score (nSPS) is 11.2. The van der Waals surface area contributed by atoms with E-state index in [4.69, 9.17) is 4.74 Å². The lowest BCUT2D eigenvalue weighted by Crippen LogP contribution is -2.50. The standard InChI is InChI=1S/C21H27N3O3.ClH/c1-24(18-11-7-4-8-12-18)21(26)19(15-17-9-5-3-6-10-17)23-20(25)16-22-13-14-27-2;/h3-12,19,22H,13-16H2,1-2H3,(H,23,25);1H/t19-;/m0./s1. The molecule has 0 saturated carbocycles. The van der Waals surface area contributed by atoms with Crippen molar-refractivity contribution in [2.75, 3.05) is 38.8 Å². The summed E-state index contributed by atoms with van der Waals surface area (Å²) in [6.45, 7) is 1.23. The third kappa shape index (κ3) is 7.68. The summed E-state index contributed by atoms with van der Waals surface area (Å²) in [5.74, 6) is -0.378. The highest BCUT2D eigenvalue weighted by Crippen LogP contribution is 2.14. The Morgan fingerprint density at radius 2 is 1.64 bits per heavy atom. The third-order valence-corrected chi connectivity index (χ3v) is 4.16. The van der Waals surface area contributed by atoms with E-state index in [9.17, 15) is 9.59 Å². The van der Waals surface area contributed by atoms with Crippen LogP contribution in [0.4, 0.5) is 5.69 Å². The Balaban J connectivity index is 0.00000392. The van der Waals surface area contributed by atoms with Crippen molar-refractivity contribution in [2.24, 2.45) is 0 Å².